The fourth-order valence-corrected chi connectivity index (χ4v) is 10.4. The van der Waals surface area contributed by atoms with E-state index in [1.54, 1.807) is 0 Å². The molecule has 0 fully saturated rings. The third kappa shape index (κ3) is 4.36. The van der Waals surface area contributed by atoms with Crippen LogP contribution >= 0.6 is 0 Å². The van der Waals surface area contributed by atoms with Crippen LogP contribution in [0.3, 0.4) is 0 Å². The van der Waals surface area contributed by atoms with E-state index in [1.807, 2.05) is 0 Å². The molecular formula is C55H38N2. The largest absolute Gasteiger partial charge is 0.310 e. The van der Waals surface area contributed by atoms with Crippen LogP contribution in [0.5, 0.6) is 0 Å². The van der Waals surface area contributed by atoms with E-state index in [1.165, 1.54) is 88.3 Å². The number of rotatable bonds is 5. The van der Waals surface area contributed by atoms with E-state index in [-0.39, 0.29) is 0 Å². The molecule has 2 nitrogen and oxygen atoms in total. The summed E-state index contributed by atoms with van der Waals surface area (Å²) in [6.45, 7) is 2.22. The van der Waals surface area contributed by atoms with Gasteiger partial charge in [0.05, 0.1) is 22.1 Å². The smallest absolute Gasteiger partial charge is 0.0727 e. The minimum Gasteiger partial charge on any atom is -0.310 e. The highest BCUT2D eigenvalue weighted by Crippen LogP contribution is 2.65. The Morgan fingerprint density at radius 2 is 0.930 bits per heavy atom. The molecule has 12 rings (SSSR count). The Morgan fingerprint density at radius 3 is 1.58 bits per heavy atom. The molecule has 0 saturated heterocycles. The van der Waals surface area contributed by atoms with E-state index >= 15 is 0 Å². The van der Waals surface area contributed by atoms with Gasteiger partial charge in [0.2, 0.25) is 0 Å². The number of para-hydroxylation sites is 3. The molecule has 0 unspecified atom stereocenters. The second kappa shape index (κ2) is 12.2. The van der Waals surface area contributed by atoms with Crippen molar-refractivity contribution >= 4 is 49.6 Å². The molecule has 0 aliphatic heterocycles. The van der Waals surface area contributed by atoms with Crippen LogP contribution in [-0.2, 0) is 11.8 Å². The van der Waals surface area contributed by atoms with Crippen molar-refractivity contribution in [3.63, 3.8) is 0 Å². The van der Waals surface area contributed by atoms with Crippen molar-refractivity contribution in [1.29, 1.82) is 0 Å². The minimum absolute atomic E-state index is 0.542. The molecule has 57 heavy (non-hydrogen) atoms. The molecule has 2 aliphatic rings. The highest BCUT2D eigenvalue weighted by molar-refractivity contribution is 6.14. The van der Waals surface area contributed by atoms with Crippen LogP contribution in [0.4, 0.5) is 17.1 Å². The number of hydrogen-bond acceptors (Lipinski definition) is 1. The molecule has 0 saturated carbocycles. The van der Waals surface area contributed by atoms with Gasteiger partial charge >= 0.3 is 0 Å². The summed E-state index contributed by atoms with van der Waals surface area (Å²) in [5, 5.41) is 5.06. The summed E-state index contributed by atoms with van der Waals surface area (Å²) in [4.78, 5) is 2.42. The predicted octanol–water partition coefficient (Wildman–Crippen LogP) is 14.3. The molecule has 0 bridgehead atoms. The lowest BCUT2D eigenvalue weighted by atomic mass is 9.70. The lowest BCUT2D eigenvalue weighted by molar-refractivity contribution is 0.793. The highest BCUT2D eigenvalue weighted by atomic mass is 15.1. The number of hydrogen-bond donors (Lipinski definition) is 0. The zero-order valence-electron chi connectivity index (χ0n) is 31.7. The van der Waals surface area contributed by atoms with Crippen LogP contribution in [0.2, 0.25) is 0 Å². The summed E-state index contributed by atoms with van der Waals surface area (Å²) >= 11 is 0. The molecule has 1 heterocycles. The van der Waals surface area contributed by atoms with Gasteiger partial charge in [-0.05, 0) is 116 Å². The lowest BCUT2D eigenvalue weighted by Crippen LogP contribution is -2.26. The molecule has 10 aromatic rings. The van der Waals surface area contributed by atoms with Crippen LogP contribution in [-0.4, -0.2) is 4.57 Å². The SMILES string of the molecule is CCc1ccc(N(c2ccccc2)c2ccc3c(c2)C2(c4ccccc4-c4ccccc42)c2cc(-n4c5ccccc5c5ccccc54)c4ccccc4c2-3)cc1. The van der Waals surface area contributed by atoms with Crippen molar-refractivity contribution in [1.82, 2.24) is 4.57 Å². The van der Waals surface area contributed by atoms with Crippen LogP contribution in [0.15, 0.2) is 200 Å². The molecule has 0 radical (unpaired) electrons. The van der Waals surface area contributed by atoms with Gasteiger partial charge in [-0.2, -0.15) is 0 Å². The van der Waals surface area contributed by atoms with Gasteiger partial charge in [0.25, 0.3) is 0 Å². The first-order valence-corrected chi connectivity index (χ1v) is 20.1. The average Bonchev–Trinajstić information content (AvgIpc) is 3.88. The lowest BCUT2D eigenvalue weighted by Gasteiger charge is -2.32. The molecule has 0 amide bonds. The summed E-state index contributed by atoms with van der Waals surface area (Å²) in [6, 6.07) is 74.8. The predicted molar refractivity (Wildman–Crippen MR) is 239 cm³/mol. The summed E-state index contributed by atoms with van der Waals surface area (Å²) in [5.41, 5.74) is 18.4. The van der Waals surface area contributed by atoms with Crippen molar-refractivity contribution in [3.05, 3.63) is 228 Å². The summed E-state index contributed by atoms with van der Waals surface area (Å²) in [7, 11) is 0. The molecule has 268 valence electrons. The monoisotopic (exact) mass is 726 g/mol. The van der Waals surface area contributed by atoms with E-state index in [0.29, 0.717) is 0 Å². The first kappa shape index (κ1) is 32.1. The number of benzene rings is 9. The summed E-state index contributed by atoms with van der Waals surface area (Å²) in [5.74, 6) is 0. The highest BCUT2D eigenvalue weighted by Gasteiger charge is 2.52. The molecule has 9 aromatic carbocycles. The molecule has 0 N–H and O–H groups in total. The molecule has 1 aromatic heterocycles. The van der Waals surface area contributed by atoms with Gasteiger partial charge in [0, 0.05) is 33.2 Å². The Bertz CT molecular complexity index is 3120. The van der Waals surface area contributed by atoms with Gasteiger partial charge in [-0.1, -0.05) is 153 Å². The number of anilines is 3. The van der Waals surface area contributed by atoms with Crippen LogP contribution in [0.1, 0.15) is 34.7 Å². The normalized spacial score (nSPS) is 13.2. The second-order valence-corrected chi connectivity index (χ2v) is 15.5. The number of nitrogens with zero attached hydrogens (tertiary/aromatic N) is 2. The molecule has 2 aliphatic carbocycles. The van der Waals surface area contributed by atoms with E-state index in [9.17, 15) is 0 Å². The molecule has 2 heteroatoms. The van der Waals surface area contributed by atoms with Crippen molar-refractivity contribution in [2.24, 2.45) is 0 Å². The fourth-order valence-electron chi connectivity index (χ4n) is 10.4. The quantitative estimate of drug-likeness (QED) is 0.171. The van der Waals surface area contributed by atoms with E-state index in [2.05, 4.69) is 217 Å². The summed E-state index contributed by atoms with van der Waals surface area (Å²) in [6.07, 6.45) is 1.01. The van der Waals surface area contributed by atoms with Crippen molar-refractivity contribution in [3.8, 4) is 27.9 Å². The van der Waals surface area contributed by atoms with Crippen LogP contribution < -0.4 is 4.90 Å². The van der Waals surface area contributed by atoms with Crippen molar-refractivity contribution in [2.75, 3.05) is 4.90 Å². The zero-order valence-corrected chi connectivity index (χ0v) is 31.7. The van der Waals surface area contributed by atoms with E-state index < -0.39 is 5.41 Å². The van der Waals surface area contributed by atoms with Gasteiger partial charge < -0.3 is 9.47 Å². The average molecular weight is 727 g/mol. The number of aryl methyl sites for hydroxylation is 1. The summed E-state index contributed by atoms with van der Waals surface area (Å²) < 4.78 is 2.51. The van der Waals surface area contributed by atoms with Gasteiger partial charge in [-0.25, -0.2) is 0 Å². The fraction of sp³-hybridized carbons (Fsp3) is 0.0545. The van der Waals surface area contributed by atoms with Gasteiger partial charge in [0.15, 0.2) is 0 Å². The first-order chi connectivity index (χ1) is 28.3. The number of aromatic nitrogens is 1. The third-order valence-corrected chi connectivity index (χ3v) is 12.8. The van der Waals surface area contributed by atoms with Crippen molar-refractivity contribution in [2.45, 2.75) is 18.8 Å². The van der Waals surface area contributed by atoms with E-state index in [4.69, 9.17) is 0 Å². The Balaban J connectivity index is 1.22. The molecular weight excluding hydrogens is 689 g/mol. The molecule has 1 spiro atoms. The maximum Gasteiger partial charge on any atom is 0.0727 e. The van der Waals surface area contributed by atoms with Gasteiger partial charge in [0.1, 0.15) is 0 Å². The third-order valence-electron chi connectivity index (χ3n) is 12.8. The molecule has 0 atom stereocenters. The first-order valence-electron chi connectivity index (χ1n) is 20.1. The minimum atomic E-state index is -0.542. The van der Waals surface area contributed by atoms with E-state index in [0.717, 1.165) is 23.5 Å². The van der Waals surface area contributed by atoms with Crippen molar-refractivity contribution < 1.29 is 0 Å². The Morgan fingerprint density at radius 1 is 0.404 bits per heavy atom. The maximum atomic E-state index is 2.55. The maximum absolute atomic E-state index is 2.55. The number of fused-ring (bicyclic) bond motifs is 15. The zero-order chi connectivity index (χ0) is 37.7. The standard InChI is InChI=1S/C55H38N2/c1-2-36-28-30-38(31-29-36)56(37-16-4-3-5-17-37)39-32-33-46-49(34-39)55(47-24-12-8-18-40(47)41-19-9-13-25-48(41)55)50-35-53(44-22-6-7-23-45(44)54(46)50)57-51-26-14-10-20-42(51)43-21-11-15-27-52(43)57/h3-35H,2H2,1H3. The van der Waals surface area contributed by atoms with Gasteiger partial charge in [-0.15, -0.1) is 0 Å². The second-order valence-electron chi connectivity index (χ2n) is 15.5. The van der Waals surface area contributed by atoms with Gasteiger partial charge in [-0.3, -0.25) is 0 Å². The van der Waals surface area contributed by atoms with Crippen LogP contribution in [0.25, 0.3) is 60.5 Å². The Kier molecular flexibility index (Phi) is 6.86. The van der Waals surface area contributed by atoms with Crippen LogP contribution in [0, 0.1) is 0 Å². The Labute approximate surface area is 332 Å². The Hall–Kier alpha value is -7.16. The topological polar surface area (TPSA) is 8.17 Å².